The number of urea groups is 1. The Hall–Kier alpha value is -2.05. The number of carboxylic acid groups (broad SMARTS) is 1. The lowest BCUT2D eigenvalue weighted by Gasteiger charge is -2.20. The van der Waals surface area contributed by atoms with Gasteiger partial charge < -0.3 is 20.3 Å². The van der Waals surface area contributed by atoms with Crippen LogP contribution in [0.25, 0.3) is 0 Å². The second-order valence-corrected chi connectivity index (χ2v) is 4.32. The lowest BCUT2D eigenvalue weighted by atomic mass is 10.1. The lowest BCUT2D eigenvalue weighted by Crippen LogP contribution is -2.48. The van der Waals surface area contributed by atoms with Crippen molar-refractivity contribution in [1.29, 1.82) is 0 Å². The molecule has 0 spiro atoms. The molecular formula is C11H16N4O3. The predicted octanol–water partition coefficient (Wildman–Crippen LogP) is 0.211. The van der Waals surface area contributed by atoms with Crippen LogP contribution >= 0.6 is 0 Å². The molecule has 0 aromatic carbocycles. The first kappa shape index (κ1) is 12.4. The molecule has 1 saturated heterocycles. The molecule has 1 fully saturated rings. The number of aromatic amines is 1. The molecule has 1 atom stereocenters. The fourth-order valence-electron chi connectivity index (χ4n) is 1.98. The maximum Gasteiger partial charge on any atom is 0.326 e. The Morgan fingerprint density at radius 2 is 2.22 bits per heavy atom. The molecule has 0 unspecified atom stereocenters. The number of carboxylic acids is 1. The molecular weight excluding hydrogens is 236 g/mol. The number of amides is 2. The van der Waals surface area contributed by atoms with Crippen LogP contribution in [0, 0.1) is 0 Å². The van der Waals surface area contributed by atoms with Crippen molar-refractivity contribution >= 4 is 12.0 Å². The molecule has 0 saturated carbocycles. The van der Waals surface area contributed by atoms with E-state index in [1.54, 1.807) is 11.1 Å². The van der Waals surface area contributed by atoms with Crippen molar-refractivity contribution in [2.45, 2.75) is 25.3 Å². The van der Waals surface area contributed by atoms with Gasteiger partial charge in [0.2, 0.25) is 0 Å². The average Bonchev–Trinajstić information content (AvgIpc) is 3.00. The Balaban J connectivity index is 1.93. The van der Waals surface area contributed by atoms with Crippen LogP contribution in [0.4, 0.5) is 4.79 Å². The maximum atomic E-state index is 11.8. The summed E-state index contributed by atoms with van der Waals surface area (Å²) in [6.07, 6.45) is 5.20. The van der Waals surface area contributed by atoms with E-state index in [4.69, 9.17) is 5.11 Å². The number of carbonyl (C=O) groups excluding carboxylic acids is 1. The third-order valence-electron chi connectivity index (χ3n) is 2.97. The summed E-state index contributed by atoms with van der Waals surface area (Å²) in [5, 5.41) is 11.6. The number of hydrogen-bond acceptors (Lipinski definition) is 3. The predicted molar refractivity (Wildman–Crippen MR) is 63.1 cm³/mol. The van der Waals surface area contributed by atoms with Gasteiger partial charge in [-0.05, 0) is 12.8 Å². The van der Waals surface area contributed by atoms with E-state index in [2.05, 4.69) is 15.3 Å². The highest BCUT2D eigenvalue weighted by molar-refractivity contribution is 5.82. The fourth-order valence-corrected chi connectivity index (χ4v) is 1.98. The Morgan fingerprint density at radius 1 is 1.50 bits per heavy atom. The molecule has 1 aromatic heterocycles. The van der Waals surface area contributed by atoms with Crippen molar-refractivity contribution in [3.05, 3.63) is 18.2 Å². The van der Waals surface area contributed by atoms with Gasteiger partial charge in [-0.15, -0.1) is 0 Å². The highest BCUT2D eigenvalue weighted by Crippen LogP contribution is 2.08. The molecule has 1 aliphatic rings. The molecule has 1 aromatic rings. The Bertz CT molecular complexity index is 412. The van der Waals surface area contributed by atoms with Gasteiger partial charge in [0, 0.05) is 31.4 Å². The topological polar surface area (TPSA) is 98.3 Å². The van der Waals surface area contributed by atoms with Crippen molar-refractivity contribution in [3.63, 3.8) is 0 Å². The number of H-pyrrole nitrogens is 1. The SMILES string of the molecule is O=C(O)[C@@H](Cc1cnc[nH]1)NC(=O)N1CCCC1. The van der Waals surface area contributed by atoms with Crippen LogP contribution in [-0.4, -0.2) is 51.1 Å². The number of imidazole rings is 1. The number of aromatic nitrogens is 2. The van der Waals surface area contributed by atoms with Crippen LogP contribution in [0.5, 0.6) is 0 Å². The van der Waals surface area contributed by atoms with Crippen LogP contribution in [0.1, 0.15) is 18.5 Å². The molecule has 0 radical (unpaired) electrons. The largest absolute Gasteiger partial charge is 0.480 e. The van der Waals surface area contributed by atoms with Gasteiger partial charge in [-0.2, -0.15) is 0 Å². The highest BCUT2D eigenvalue weighted by atomic mass is 16.4. The molecule has 3 N–H and O–H groups in total. The molecule has 98 valence electrons. The monoisotopic (exact) mass is 252 g/mol. The molecule has 18 heavy (non-hydrogen) atoms. The highest BCUT2D eigenvalue weighted by Gasteiger charge is 2.25. The van der Waals surface area contributed by atoms with Crippen LogP contribution in [0.3, 0.4) is 0 Å². The number of carbonyl (C=O) groups is 2. The first-order chi connectivity index (χ1) is 8.66. The molecule has 2 rings (SSSR count). The normalized spacial score (nSPS) is 16.6. The van der Waals surface area contributed by atoms with Crippen LogP contribution < -0.4 is 5.32 Å². The zero-order valence-electron chi connectivity index (χ0n) is 9.93. The third-order valence-corrected chi connectivity index (χ3v) is 2.97. The molecule has 7 heteroatoms. The van der Waals surface area contributed by atoms with Gasteiger partial charge in [0.05, 0.1) is 6.33 Å². The second-order valence-electron chi connectivity index (χ2n) is 4.32. The average molecular weight is 252 g/mol. The van der Waals surface area contributed by atoms with Gasteiger partial charge in [0.1, 0.15) is 6.04 Å². The molecule has 7 nitrogen and oxygen atoms in total. The van der Waals surface area contributed by atoms with Gasteiger partial charge in [0.15, 0.2) is 0 Å². The number of likely N-dealkylation sites (tertiary alicyclic amines) is 1. The quantitative estimate of drug-likeness (QED) is 0.713. The van der Waals surface area contributed by atoms with Gasteiger partial charge >= 0.3 is 12.0 Å². The van der Waals surface area contributed by atoms with Crippen molar-refractivity contribution in [1.82, 2.24) is 20.2 Å². The summed E-state index contributed by atoms with van der Waals surface area (Å²) >= 11 is 0. The van der Waals surface area contributed by atoms with E-state index in [1.807, 2.05) is 0 Å². The Labute approximate surface area is 104 Å². The Morgan fingerprint density at radius 3 is 2.78 bits per heavy atom. The molecule has 0 bridgehead atoms. The third kappa shape index (κ3) is 2.99. The number of nitrogens with one attached hydrogen (secondary N) is 2. The number of nitrogens with zero attached hydrogens (tertiary/aromatic N) is 2. The van der Waals surface area contributed by atoms with Crippen LogP contribution in [-0.2, 0) is 11.2 Å². The summed E-state index contributed by atoms with van der Waals surface area (Å²) in [5.74, 6) is -1.04. The van der Waals surface area contributed by atoms with Gasteiger partial charge in [-0.25, -0.2) is 14.6 Å². The zero-order chi connectivity index (χ0) is 13.0. The zero-order valence-corrected chi connectivity index (χ0v) is 9.93. The van der Waals surface area contributed by atoms with Gasteiger partial charge in [-0.3, -0.25) is 0 Å². The van der Waals surface area contributed by atoms with E-state index in [9.17, 15) is 9.59 Å². The summed E-state index contributed by atoms with van der Waals surface area (Å²) in [6.45, 7) is 1.39. The van der Waals surface area contributed by atoms with E-state index in [0.717, 1.165) is 12.8 Å². The Kier molecular flexibility index (Phi) is 3.81. The number of rotatable bonds is 4. The van der Waals surface area contributed by atoms with Crippen molar-refractivity contribution in [3.8, 4) is 0 Å². The summed E-state index contributed by atoms with van der Waals surface area (Å²) in [5.41, 5.74) is 0.684. The van der Waals surface area contributed by atoms with Crippen LogP contribution in [0.15, 0.2) is 12.5 Å². The number of aliphatic carboxylic acids is 1. The minimum absolute atomic E-state index is 0.203. The minimum atomic E-state index is -1.04. The van der Waals surface area contributed by atoms with E-state index < -0.39 is 12.0 Å². The maximum absolute atomic E-state index is 11.8. The van der Waals surface area contributed by atoms with E-state index in [0.29, 0.717) is 18.8 Å². The first-order valence-electron chi connectivity index (χ1n) is 5.92. The second kappa shape index (κ2) is 5.52. The minimum Gasteiger partial charge on any atom is -0.480 e. The summed E-state index contributed by atoms with van der Waals surface area (Å²) in [7, 11) is 0. The number of hydrogen-bond donors (Lipinski definition) is 3. The van der Waals surface area contributed by atoms with Gasteiger partial charge in [0.25, 0.3) is 0 Å². The fraction of sp³-hybridized carbons (Fsp3) is 0.545. The standard InChI is InChI=1S/C11H16N4O3/c16-10(17)9(5-8-6-12-7-13-8)14-11(18)15-3-1-2-4-15/h6-7,9H,1-5H2,(H,12,13)(H,14,18)(H,16,17)/t9-/m1/s1. The summed E-state index contributed by atoms with van der Waals surface area (Å²) in [4.78, 5) is 31.2. The lowest BCUT2D eigenvalue weighted by molar-refractivity contribution is -0.139. The molecule has 1 aliphatic heterocycles. The van der Waals surface area contributed by atoms with E-state index >= 15 is 0 Å². The first-order valence-corrected chi connectivity index (χ1v) is 5.92. The van der Waals surface area contributed by atoms with Crippen LogP contribution in [0.2, 0.25) is 0 Å². The smallest absolute Gasteiger partial charge is 0.326 e. The van der Waals surface area contributed by atoms with Gasteiger partial charge in [-0.1, -0.05) is 0 Å². The van der Waals surface area contributed by atoms with E-state index in [1.165, 1.54) is 6.33 Å². The van der Waals surface area contributed by atoms with E-state index in [-0.39, 0.29) is 12.5 Å². The molecule has 0 aliphatic carbocycles. The van der Waals surface area contributed by atoms with Crippen molar-refractivity contribution < 1.29 is 14.7 Å². The molecule has 2 heterocycles. The summed E-state index contributed by atoms with van der Waals surface area (Å²) < 4.78 is 0. The summed E-state index contributed by atoms with van der Waals surface area (Å²) in [6, 6.07) is -1.24. The van der Waals surface area contributed by atoms with Crippen molar-refractivity contribution in [2.75, 3.05) is 13.1 Å². The van der Waals surface area contributed by atoms with Crippen molar-refractivity contribution in [2.24, 2.45) is 0 Å². The molecule has 2 amide bonds.